The Morgan fingerprint density at radius 1 is 1.47 bits per heavy atom. The molecule has 0 amide bonds. The van der Waals surface area contributed by atoms with Crippen LogP contribution < -0.4 is 11.1 Å². The van der Waals surface area contributed by atoms with Gasteiger partial charge < -0.3 is 15.6 Å². The first-order chi connectivity index (χ1) is 8.24. The molecule has 5 nitrogen and oxygen atoms in total. The van der Waals surface area contributed by atoms with Gasteiger partial charge in [0.2, 0.25) is 0 Å². The van der Waals surface area contributed by atoms with Crippen LogP contribution in [-0.2, 0) is 7.05 Å². The SMILES string of the molecule is Cn1cnc2c(NCC3(CN)CC3)nccc21. The van der Waals surface area contributed by atoms with Gasteiger partial charge in [0.25, 0.3) is 0 Å². The van der Waals surface area contributed by atoms with E-state index in [0.717, 1.165) is 29.9 Å². The lowest BCUT2D eigenvalue weighted by atomic mass is 10.1. The normalized spacial score (nSPS) is 17.3. The Morgan fingerprint density at radius 2 is 2.29 bits per heavy atom. The molecule has 5 heteroatoms. The third kappa shape index (κ3) is 1.76. The molecule has 0 bridgehead atoms. The summed E-state index contributed by atoms with van der Waals surface area (Å²) in [7, 11) is 1.99. The van der Waals surface area contributed by atoms with E-state index >= 15 is 0 Å². The molecule has 0 atom stereocenters. The minimum absolute atomic E-state index is 0.304. The molecule has 2 aromatic heterocycles. The van der Waals surface area contributed by atoms with Crippen molar-refractivity contribution in [3.63, 3.8) is 0 Å². The molecule has 0 aliphatic heterocycles. The minimum Gasteiger partial charge on any atom is -0.368 e. The van der Waals surface area contributed by atoms with Crippen molar-refractivity contribution in [3.8, 4) is 0 Å². The van der Waals surface area contributed by atoms with Gasteiger partial charge in [-0.25, -0.2) is 9.97 Å². The Balaban J connectivity index is 1.85. The van der Waals surface area contributed by atoms with Crippen LogP contribution in [0.5, 0.6) is 0 Å². The number of nitrogens with two attached hydrogens (primary N) is 1. The fourth-order valence-electron chi connectivity index (χ4n) is 2.09. The van der Waals surface area contributed by atoms with Gasteiger partial charge in [0.15, 0.2) is 5.82 Å². The fraction of sp³-hybridized carbons (Fsp3) is 0.500. The van der Waals surface area contributed by atoms with Gasteiger partial charge in [0, 0.05) is 19.8 Å². The second-order valence-corrected chi connectivity index (χ2v) is 4.94. The number of nitrogens with zero attached hydrogens (tertiary/aromatic N) is 3. The second-order valence-electron chi connectivity index (χ2n) is 4.94. The molecule has 1 aliphatic rings. The summed E-state index contributed by atoms with van der Waals surface area (Å²) in [5.41, 5.74) is 8.10. The van der Waals surface area contributed by atoms with E-state index in [1.54, 1.807) is 0 Å². The van der Waals surface area contributed by atoms with E-state index in [2.05, 4.69) is 15.3 Å². The zero-order valence-corrected chi connectivity index (χ0v) is 9.98. The van der Waals surface area contributed by atoms with Gasteiger partial charge in [-0.1, -0.05) is 0 Å². The number of aromatic nitrogens is 3. The Kier molecular flexibility index (Phi) is 2.29. The van der Waals surface area contributed by atoms with Crippen molar-refractivity contribution in [2.24, 2.45) is 18.2 Å². The number of hydrogen-bond acceptors (Lipinski definition) is 4. The summed E-state index contributed by atoms with van der Waals surface area (Å²) in [6.45, 7) is 1.64. The van der Waals surface area contributed by atoms with E-state index in [1.807, 2.05) is 30.2 Å². The molecule has 2 heterocycles. The second kappa shape index (κ2) is 3.70. The zero-order valence-electron chi connectivity index (χ0n) is 9.98. The summed E-state index contributed by atoms with van der Waals surface area (Å²) < 4.78 is 2.00. The van der Waals surface area contributed by atoms with Crippen molar-refractivity contribution >= 4 is 16.9 Å². The van der Waals surface area contributed by atoms with Crippen LogP contribution in [0.4, 0.5) is 5.82 Å². The third-order valence-electron chi connectivity index (χ3n) is 3.66. The van der Waals surface area contributed by atoms with Crippen LogP contribution in [0.3, 0.4) is 0 Å². The highest BCUT2D eigenvalue weighted by molar-refractivity contribution is 5.85. The first kappa shape index (κ1) is 10.5. The quantitative estimate of drug-likeness (QED) is 0.827. The van der Waals surface area contributed by atoms with Crippen molar-refractivity contribution < 1.29 is 0 Å². The van der Waals surface area contributed by atoms with E-state index in [0.29, 0.717) is 5.41 Å². The molecule has 3 rings (SSSR count). The predicted molar refractivity (Wildman–Crippen MR) is 67.7 cm³/mol. The van der Waals surface area contributed by atoms with Crippen molar-refractivity contribution in [1.29, 1.82) is 0 Å². The fourth-order valence-corrected chi connectivity index (χ4v) is 2.09. The van der Waals surface area contributed by atoms with Crippen molar-refractivity contribution in [3.05, 3.63) is 18.6 Å². The molecule has 1 fully saturated rings. The maximum atomic E-state index is 5.77. The predicted octanol–water partition coefficient (Wildman–Crippen LogP) is 1.12. The summed E-state index contributed by atoms with van der Waals surface area (Å²) in [5.74, 6) is 0.864. The highest BCUT2D eigenvalue weighted by atomic mass is 15.1. The van der Waals surface area contributed by atoms with Crippen LogP contribution in [0, 0.1) is 5.41 Å². The van der Waals surface area contributed by atoms with Gasteiger partial charge >= 0.3 is 0 Å². The molecule has 17 heavy (non-hydrogen) atoms. The first-order valence-electron chi connectivity index (χ1n) is 5.94. The lowest BCUT2D eigenvalue weighted by Crippen LogP contribution is -2.24. The summed E-state index contributed by atoms with van der Waals surface area (Å²) in [5, 5.41) is 3.39. The molecule has 3 N–H and O–H groups in total. The molecule has 0 aromatic carbocycles. The van der Waals surface area contributed by atoms with Gasteiger partial charge in [-0.3, -0.25) is 0 Å². The van der Waals surface area contributed by atoms with Crippen LogP contribution in [0.15, 0.2) is 18.6 Å². The molecule has 90 valence electrons. The van der Waals surface area contributed by atoms with E-state index < -0.39 is 0 Å². The van der Waals surface area contributed by atoms with Crippen LogP contribution in [0.25, 0.3) is 11.0 Å². The molecule has 0 radical (unpaired) electrons. The van der Waals surface area contributed by atoms with Crippen LogP contribution in [0.1, 0.15) is 12.8 Å². The Labute approximate surface area is 100 Å². The molecular weight excluding hydrogens is 214 g/mol. The van der Waals surface area contributed by atoms with E-state index in [9.17, 15) is 0 Å². The Hall–Kier alpha value is -1.62. The summed E-state index contributed by atoms with van der Waals surface area (Å²) in [6, 6.07) is 1.98. The number of imidazole rings is 1. The number of anilines is 1. The third-order valence-corrected chi connectivity index (χ3v) is 3.66. The highest BCUT2D eigenvalue weighted by Gasteiger charge is 2.40. The Bertz CT molecular complexity index is 541. The van der Waals surface area contributed by atoms with Gasteiger partial charge in [-0.15, -0.1) is 0 Å². The van der Waals surface area contributed by atoms with Crippen LogP contribution in [-0.4, -0.2) is 27.6 Å². The van der Waals surface area contributed by atoms with E-state index in [1.165, 1.54) is 12.8 Å². The molecule has 0 spiro atoms. The topological polar surface area (TPSA) is 68.8 Å². The van der Waals surface area contributed by atoms with Crippen molar-refractivity contribution in [2.75, 3.05) is 18.4 Å². The average molecular weight is 231 g/mol. The lowest BCUT2D eigenvalue weighted by Gasteiger charge is -2.13. The highest BCUT2D eigenvalue weighted by Crippen LogP contribution is 2.44. The van der Waals surface area contributed by atoms with Crippen molar-refractivity contribution in [1.82, 2.24) is 14.5 Å². The van der Waals surface area contributed by atoms with Gasteiger partial charge in [0.1, 0.15) is 5.52 Å². The number of nitrogens with one attached hydrogen (secondary N) is 1. The molecule has 0 unspecified atom stereocenters. The zero-order chi connectivity index (χ0) is 11.9. The average Bonchev–Trinajstić information content (AvgIpc) is 3.05. The summed E-state index contributed by atoms with van der Waals surface area (Å²) in [6.07, 6.45) is 6.06. The minimum atomic E-state index is 0.304. The number of rotatable bonds is 4. The van der Waals surface area contributed by atoms with Crippen LogP contribution in [0.2, 0.25) is 0 Å². The number of hydrogen-bond donors (Lipinski definition) is 2. The molecular formula is C12H17N5. The lowest BCUT2D eigenvalue weighted by molar-refractivity contribution is 0.555. The molecule has 0 saturated heterocycles. The Morgan fingerprint density at radius 3 is 3.00 bits per heavy atom. The van der Waals surface area contributed by atoms with Crippen LogP contribution >= 0.6 is 0 Å². The molecule has 2 aromatic rings. The number of aryl methyl sites for hydroxylation is 1. The van der Waals surface area contributed by atoms with E-state index in [-0.39, 0.29) is 0 Å². The maximum Gasteiger partial charge on any atom is 0.154 e. The molecule has 1 saturated carbocycles. The van der Waals surface area contributed by atoms with Gasteiger partial charge in [0.05, 0.1) is 11.8 Å². The smallest absolute Gasteiger partial charge is 0.154 e. The van der Waals surface area contributed by atoms with Gasteiger partial charge in [-0.2, -0.15) is 0 Å². The summed E-state index contributed by atoms with van der Waals surface area (Å²) in [4.78, 5) is 8.73. The first-order valence-corrected chi connectivity index (χ1v) is 5.94. The largest absolute Gasteiger partial charge is 0.368 e. The summed E-state index contributed by atoms with van der Waals surface area (Å²) >= 11 is 0. The standard InChI is InChI=1S/C12H17N5/c1-17-8-16-10-9(17)2-5-14-11(10)15-7-12(6-13)3-4-12/h2,5,8H,3-4,6-7,13H2,1H3,(H,14,15). The number of pyridine rings is 1. The maximum absolute atomic E-state index is 5.77. The van der Waals surface area contributed by atoms with Crippen molar-refractivity contribution in [2.45, 2.75) is 12.8 Å². The molecule has 1 aliphatic carbocycles. The van der Waals surface area contributed by atoms with E-state index in [4.69, 9.17) is 5.73 Å². The number of fused-ring (bicyclic) bond motifs is 1. The van der Waals surface area contributed by atoms with Gasteiger partial charge in [-0.05, 0) is 30.9 Å². The monoisotopic (exact) mass is 231 g/mol.